The van der Waals surface area contributed by atoms with E-state index in [1.807, 2.05) is 4.72 Å². The molecule has 0 radical (unpaired) electrons. The first-order valence-corrected chi connectivity index (χ1v) is 15.9. The van der Waals surface area contributed by atoms with Crippen molar-refractivity contribution >= 4 is 45.0 Å². The number of aliphatic hydroxyl groups is 1. The van der Waals surface area contributed by atoms with Gasteiger partial charge in [0.05, 0.1) is 24.1 Å². The van der Waals surface area contributed by atoms with Gasteiger partial charge in [0.1, 0.15) is 10.9 Å². The summed E-state index contributed by atoms with van der Waals surface area (Å²) in [6.07, 6.45) is -2.64. The summed E-state index contributed by atoms with van der Waals surface area (Å²) in [5.41, 5.74) is -0.183. The van der Waals surface area contributed by atoms with Crippen molar-refractivity contribution in [3.8, 4) is 0 Å². The topological polar surface area (TPSA) is 167 Å². The Bertz CT molecular complexity index is 1340. The largest absolute Gasteiger partial charge is 0.392 e. The summed E-state index contributed by atoms with van der Waals surface area (Å²) < 4.78 is 82.9. The molecule has 43 heavy (non-hydrogen) atoms. The maximum atomic E-state index is 13.6. The van der Waals surface area contributed by atoms with Gasteiger partial charge in [-0.2, -0.15) is 0 Å². The van der Waals surface area contributed by atoms with Gasteiger partial charge >= 0.3 is 0 Å². The number of alkyl halides is 4. The first kappa shape index (κ1) is 34.5. The summed E-state index contributed by atoms with van der Waals surface area (Å²) in [4.78, 5) is 27.7. The fourth-order valence-electron chi connectivity index (χ4n) is 4.72. The number of anilines is 2. The van der Waals surface area contributed by atoms with E-state index in [1.165, 1.54) is 31.0 Å². The lowest BCUT2D eigenvalue weighted by atomic mass is 9.83. The van der Waals surface area contributed by atoms with Crippen molar-refractivity contribution in [3.63, 3.8) is 0 Å². The van der Waals surface area contributed by atoms with E-state index in [2.05, 4.69) is 25.6 Å². The van der Waals surface area contributed by atoms with Crippen LogP contribution in [0.3, 0.4) is 0 Å². The second-order valence-electron chi connectivity index (χ2n) is 10.1. The number of aromatic nitrogens is 2. The van der Waals surface area contributed by atoms with Gasteiger partial charge in [-0.15, -0.1) is 0 Å². The highest BCUT2D eigenvalue weighted by molar-refractivity contribution is 7.99. The lowest BCUT2D eigenvalue weighted by Gasteiger charge is -2.30. The molecule has 0 bridgehead atoms. The fraction of sp³-hybridized carbons (Fsp3) is 0.600. The smallest absolute Gasteiger partial charge is 0.277 e. The average molecular weight is 655 g/mol. The third-order valence-corrected chi connectivity index (χ3v) is 9.03. The molecule has 18 heteroatoms. The van der Waals surface area contributed by atoms with E-state index >= 15 is 0 Å². The molecule has 12 nitrogen and oxygen atoms in total. The molecule has 0 spiro atoms. The van der Waals surface area contributed by atoms with Gasteiger partial charge in [0, 0.05) is 19.3 Å². The number of hydrogen-bond acceptors (Lipinski definition) is 10. The van der Waals surface area contributed by atoms with Gasteiger partial charge < -0.3 is 20.6 Å². The Balaban J connectivity index is 1.89. The van der Waals surface area contributed by atoms with E-state index in [4.69, 9.17) is 0 Å². The monoisotopic (exact) mass is 654 g/mol. The minimum Gasteiger partial charge on any atom is -0.392 e. The molecule has 1 aromatic heterocycles. The van der Waals surface area contributed by atoms with Crippen molar-refractivity contribution in [2.45, 2.75) is 73.9 Å². The molecule has 1 aromatic carbocycles. The number of benzene rings is 1. The normalized spacial score (nSPS) is 15.8. The second kappa shape index (κ2) is 15.7. The van der Waals surface area contributed by atoms with Crippen molar-refractivity contribution in [3.05, 3.63) is 23.9 Å². The van der Waals surface area contributed by atoms with Crippen LogP contribution in [0, 0.1) is 5.92 Å². The Hall–Kier alpha value is -2.96. The number of thioether (sulfide) groups is 1. The minimum atomic E-state index is -4.39. The maximum Gasteiger partial charge on any atom is 0.277 e. The highest BCUT2D eigenvalue weighted by Gasteiger charge is 2.33. The highest BCUT2D eigenvalue weighted by atomic mass is 32.2. The maximum absolute atomic E-state index is 13.6. The van der Waals surface area contributed by atoms with Crippen LogP contribution in [-0.4, -0.2) is 86.5 Å². The molecule has 1 saturated carbocycles. The standard InChI is InChI=1S/C25H34F4N6O6S2/c1-14(36)12-35(2)17-10-16(8-9-18(17)43(39,40)30-11-19(26)27)31-23(37)21(15-6-4-3-5-7-15)32-24(38)22-25(34-41-33-22)42-13-20(28)29/h8-10,14-15,19-21,30,36H,3-7,11-13H2,1-2H3,(H,31,37)(H,32,38)/t14-,21-/m0/s1. The van der Waals surface area contributed by atoms with Gasteiger partial charge in [-0.1, -0.05) is 31.0 Å². The first-order valence-electron chi connectivity index (χ1n) is 13.4. The number of carbonyl (C=O) groups excluding carboxylic acids is 2. The van der Waals surface area contributed by atoms with E-state index in [0.29, 0.717) is 24.6 Å². The molecule has 3 rings (SSSR count). The van der Waals surface area contributed by atoms with Gasteiger partial charge in [0.2, 0.25) is 28.0 Å². The zero-order chi connectivity index (χ0) is 31.7. The third-order valence-electron chi connectivity index (χ3n) is 6.60. The summed E-state index contributed by atoms with van der Waals surface area (Å²) in [5, 5.41) is 22.0. The third kappa shape index (κ3) is 10.0. The van der Waals surface area contributed by atoms with Crippen LogP contribution in [0.5, 0.6) is 0 Å². The molecular formula is C25H34F4N6O6S2. The van der Waals surface area contributed by atoms with Crippen LogP contribution in [0.2, 0.25) is 0 Å². The molecule has 2 amide bonds. The Kier molecular flexibility index (Phi) is 12.6. The van der Waals surface area contributed by atoms with Crippen molar-refractivity contribution in [1.82, 2.24) is 20.4 Å². The van der Waals surface area contributed by atoms with Crippen LogP contribution in [0.15, 0.2) is 32.7 Å². The summed E-state index contributed by atoms with van der Waals surface area (Å²) in [7, 11) is -2.91. The Morgan fingerprint density at radius 1 is 1.14 bits per heavy atom. The Labute approximate surface area is 250 Å². The molecule has 0 unspecified atom stereocenters. The molecule has 240 valence electrons. The fourth-order valence-corrected chi connectivity index (χ4v) is 6.59. The van der Waals surface area contributed by atoms with Gasteiger partial charge in [0.15, 0.2) is 5.03 Å². The molecule has 1 aliphatic rings. The van der Waals surface area contributed by atoms with Crippen molar-refractivity contribution < 1.29 is 45.3 Å². The van der Waals surface area contributed by atoms with Crippen LogP contribution in [0.1, 0.15) is 49.5 Å². The van der Waals surface area contributed by atoms with Crippen molar-refractivity contribution in [2.75, 3.05) is 36.1 Å². The molecule has 2 aromatic rings. The zero-order valence-corrected chi connectivity index (χ0v) is 25.1. The lowest BCUT2D eigenvalue weighted by Crippen LogP contribution is -2.49. The van der Waals surface area contributed by atoms with E-state index in [9.17, 15) is 40.7 Å². The van der Waals surface area contributed by atoms with Gasteiger partial charge in [-0.05, 0) is 54.2 Å². The molecule has 1 fully saturated rings. The molecule has 4 N–H and O–H groups in total. The highest BCUT2D eigenvalue weighted by Crippen LogP contribution is 2.31. The van der Waals surface area contributed by atoms with Crippen LogP contribution in [-0.2, 0) is 14.8 Å². The zero-order valence-electron chi connectivity index (χ0n) is 23.4. The molecule has 0 aliphatic heterocycles. The number of nitrogens with zero attached hydrogens (tertiary/aromatic N) is 3. The number of halogens is 4. The summed E-state index contributed by atoms with van der Waals surface area (Å²) in [6.45, 7) is 0.352. The number of rotatable bonds is 15. The number of hydrogen-bond donors (Lipinski definition) is 4. The summed E-state index contributed by atoms with van der Waals surface area (Å²) in [5.74, 6) is -2.39. The average Bonchev–Trinajstić information content (AvgIpc) is 3.42. The number of sulfonamides is 1. The Morgan fingerprint density at radius 3 is 2.47 bits per heavy atom. The number of likely N-dealkylation sites (N-methyl/N-ethyl adjacent to an activating group) is 1. The van der Waals surface area contributed by atoms with Crippen LogP contribution in [0.4, 0.5) is 28.9 Å². The summed E-state index contributed by atoms with van der Waals surface area (Å²) in [6, 6.07) is 2.65. The molecule has 2 atom stereocenters. The van der Waals surface area contributed by atoms with E-state index in [1.54, 1.807) is 0 Å². The SMILES string of the molecule is C[C@H](O)CN(C)c1cc(NC(=O)[C@@H](NC(=O)c2nonc2SCC(F)F)C2CCCCC2)ccc1S(=O)(=O)NCC(F)F. The quantitative estimate of drug-likeness (QED) is 0.166. The van der Waals surface area contributed by atoms with E-state index in [-0.39, 0.29) is 39.5 Å². The number of carbonyl (C=O) groups is 2. The number of aliphatic hydroxyl groups excluding tert-OH is 1. The second-order valence-corrected chi connectivity index (χ2v) is 12.9. The van der Waals surface area contributed by atoms with E-state index in [0.717, 1.165) is 25.3 Å². The van der Waals surface area contributed by atoms with E-state index < -0.39 is 59.1 Å². The minimum absolute atomic E-state index is 0.0207. The van der Waals surface area contributed by atoms with Crippen molar-refractivity contribution in [1.29, 1.82) is 0 Å². The number of nitrogens with one attached hydrogen (secondary N) is 3. The number of amides is 2. The van der Waals surface area contributed by atoms with Crippen molar-refractivity contribution in [2.24, 2.45) is 5.92 Å². The molecular weight excluding hydrogens is 620 g/mol. The van der Waals surface area contributed by atoms with Gasteiger partial charge in [0.25, 0.3) is 12.3 Å². The van der Waals surface area contributed by atoms with Gasteiger partial charge in [-0.3, -0.25) is 9.59 Å². The lowest BCUT2D eigenvalue weighted by molar-refractivity contribution is -0.119. The van der Waals surface area contributed by atoms with Gasteiger partial charge in [-0.25, -0.2) is 35.3 Å². The predicted octanol–water partition coefficient (Wildman–Crippen LogP) is 3.10. The molecule has 1 heterocycles. The van der Waals surface area contributed by atoms with Crippen LogP contribution < -0.4 is 20.3 Å². The Morgan fingerprint density at radius 2 is 1.84 bits per heavy atom. The molecule has 0 saturated heterocycles. The summed E-state index contributed by atoms with van der Waals surface area (Å²) >= 11 is 0.583. The predicted molar refractivity (Wildman–Crippen MR) is 150 cm³/mol. The van der Waals surface area contributed by atoms with Crippen LogP contribution >= 0.6 is 11.8 Å². The first-order chi connectivity index (χ1) is 20.3. The van der Waals surface area contributed by atoms with Crippen LogP contribution in [0.25, 0.3) is 0 Å². The molecule has 1 aliphatic carbocycles.